The Morgan fingerprint density at radius 3 is 2.57 bits per heavy atom. The third kappa shape index (κ3) is 2.91. The number of ether oxygens (including phenoxy) is 2. The van der Waals surface area contributed by atoms with E-state index in [1.54, 1.807) is 12.1 Å². The van der Waals surface area contributed by atoms with E-state index in [9.17, 15) is 14.7 Å². The zero-order valence-electron chi connectivity index (χ0n) is 11.3. The van der Waals surface area contributed by atoms with E-state index < -0.39 is 30.0 Å². The Morgan fingerprint density at radius 1 is 1.38 bits per heavy atom. The third-order valence-electron chi connectivity index (χ3n) is 3.24. The highest BCUT2D eigenvalue weighted by Gasteiger charge is 2.48. The monoisotopic (exact) mass is 421 g/mol. The van der Waals surface area contributed by atoms with E-state index in [1.165, 1.54) is 14.2 Å². The fourth-order valence-corrected chi connectivity index (χ4v) is 3.56. The van der Waals surface area contributed by atoms with Crippen LogP contribution in [0.1, 0.15) is 12.0 Å². The molecule has 1 heterocycles. The maximum Gasteiger partial charge on any atom is 0.261 e. The molecule has 1 amide bonds. The topological polar surface area (TPSA) is 84.9 Å². The Labute approximate surface area is 138 Å². The van der Waals surface area contributed by atoms with Crippen molar-refractivity contribution in [2.75, 3.05) is 19.5 Å². The number of ketones is 1. The minimum atomic E-state index is -1.95. The normalized spacial score (nSPS) is 20.6. The Morgan fingerprint density at radius 2 is 2.00 bits per heavy atom. The van der Waals surface area contributed by atoms with E-state index in [2.05, 4.69) is 37.2 Å². The van der Waals surface area contributed by atoms with Crippen molar-refractivity contribution in [1.82, 2.24) is 0 Å². The number of hydrogen-bond acceptors (Lipinski definition) is 5. The van der Waals surface area contributed by atoms with Crippen molar-refractivity contribution in [1.29, 1.82) is 0 Å². The van der Waals surface area contributed by atoms with E-state index in [0.29, 0.717) is 20.2 Å². The highest BCUT2D eigenvalue weighted by atomic mass is 79.9. The van der Waals surface area contributed by atoms with Gasteiger partial charge in [0.15, 0.2) is 11.4 Å². The van der Waals surface area contributed by atoms with E-state index in [1.807, 2.05) is 0 Å². The molecule has 0 saturated heterocycles. The molecule has 0 spiro atoms. The van der Waals surface area contributed by atoms with E-state index >= 15 is 0 Å². The second-order valence-electron chi connectivity index (χ2n) is 4.57. The number of rotatable bonds is 5. The summed E-state index contributed by atoms with van der Waals surface area (Å²) in [5.74, 6) is -1.18. The van der Waals surface area contributed by atoms with Crippen molar-refractivity contribution in [3.63, 3.8) is 0 Å². The number of aliphatic hydroxyl groups is 1. The van der Waals surface area contributed by atoms with Gasteiger partial charge < -0.3 is 19.9 Å². The van der Waals surface area contributed by atoms with Gasteiger partial charge in [0.1, 0.15) is 0 Å². The van der Waals surface area contributed by atoms with Crippen LogP contribution in [-0.4, -0.2) is 37.3 Å². The molecule has 6 nitrogen and oxygen atoms in total. The summed E-state index contributed by atoms with van der Waals surface area (Å²) >= 11 is 6.60. The molecule has 0 fully saturated rings. The van der Waals surface area contributed by atoms with Crippen molar-refractivity contribution >= 4 is 49.2 Å². The summed E-state index contributed by atoms with van der Waals surface area (Å²) in [6.07, 6.45) is -1.57. The lowest BCUT2D eigenvalue weighted by Gasteiger charge is -2.22. The maximum atomic E-state index is 12.1. The van der Waals surface area contributed by atoms with Crippen LogP contribution < -0.4 is 5.32 Å². The number of hydrogen-bond donors (Lipinski definition) is 2. The second-order valence-corrected chi connectivity index (χ2v) is 6.34. The maximum absolute atomic E-state index is 12.1. The standard InChI is InChI=1S/C13H13Br2NO5/c1-20-11(21-2)9(17)5-13(19)7-3-6(14)4-8(15)10(7)16-12(13)18/h3-4,11,19H,5H2,1-2H3,(H,16,18)/t13-/m1/s1. The molecule has 2 rings (SSSR count). The van der Waals surface area contributed by atoms with Gasteiger partial charge in [0.2, 0.25) is 6.29 Å². The number of benzene rings is 1. The second kappa shape index (κ2) is 6.13. The number of methoxy groups -OCH3 is 2. The number of Topliss-reactive ketones (excluding diaryl/α,β-unsaturated/α-hetero) is 1. The molecule has 8 heteroatoms. The van der Waals surface area contributed by atoms with Crippen molar-refractivity contribution in [3.8, 4) is 0 Å². The average Bonchev–Trinajstić information content (AvgIpc) is 2.65. The van der Waals surface area contributed by atoms with Crippen LogP contribution in [-0.2, 0) is 24.7 Å². The molecular formula is C13H13Br2NO5. The molecule has 1 atom stereocenters. The Bertz CT molecular complexity index is 602. The fourth-order valence-electron chi connectivity index (χ4n) is 2.24. The van der Waals surface area contributed by atoms with Crippen LogP contribution in [0.4, 0.5) is 5.69 Å². The summed E-state index contributed by atoms with van der Waals surface area (Å²) < 4.78 is 11.0. The van der Waals surface area contributed by atoms with Crippen LogP contribution in [0.3, 0.4) is 0 Å². The van der Waals surface area contributed by atoms with Crippen LogP contribution in [0.5, 0.6) is 0 Å². The first-order valence-corrected chi connectivity index (χ1v) is 7.53. The summed E-state index contributed by atoms with van der Waals surface area (Å²) in [6, 6.07) is 3.33. The number of carbonyl (C=O) groups is 2. The molecule has 114 valence electrons. The summed E-state index contributed by atoms with van der Waals surface area (Å²) in [5.41, 5.74) is -1.17. The Hall–Kier alpha value is -0.800. The SMILES string of the molecule is COC(OC)C(=O)C[C@]1(O)C(=O)Nc2c(Br)cc(Br)cc21. The lowest BCUT2D eigenvalue weighted by Crippen LogP contribution is -2.40. The summed E-state index contributed by atoms with van der Waals surface area (Å²) in [4.78, 5) is 24.2. The van der Waals surface area contributed by atoms with Gasteiger partial charge in [0.25, 0.3) is 5.91 Å². The lowest BCUT2D eigenvalue weighted by atomic mass is 9.90. The predicted octanol–water partition coefficient (Wildman–Crippen LogP) is 1.93. The first kappa shape index (κ1) is 16.6. The number of carbonyl (C=O) groups excluding carboxylic acids is 2. The fraction of sp³-hybridized carbons (Fsp3) is 0.385. The summed E-state index contributed by atoms with van der Waals surface area (Å²) in [6.45, 7) is 0. The molecular weight excluding hydrogens is 410 g/mol. The van der Waals surface area contributed by atoms with E-state index in [-0.39, 0.29) is 0 Å². The molecule has 0 saturated carbocycles. The van der Waals surface area contributed by atoms with Crippen LogP contribution >= 0.6 is 31.9 Å². The lowest BCUT2D eigenvalue weighted by molar-refractivity contribution is -0.163. The first-order valence-electron chi connectivity index (χ1n) is 5.95. The minimum absolute atomic E-state index is 0.327. The molecule has 0 aliphatic carbocycles. The van der Waals surface area contributed by atoms with Gasteiger partial charge in [-0.15, -0.1) is 0 Å². The van der Waals surface area contributed by atoms with Crippen LogP contribution in [0.25, 0.3) is 0 Å². The molecule has 2 N–H and O–H groups in total. The first-order chi connectivity index (χ1) is 9.83. The average molecular weight is 423 g/mol. The number of fused-ring (bicyclic) bond motifs is 1. The minimum Gasteiger partial charge on any atom is -0.375 e. The number of nitrogens with one attached hydrogen (secondary N) is 1. The molecule has 0 radical (unpaired) electrons. The zero-order chi connectivity index (χ0) is 15.8. The van der Waals surface area contributed by atoms with Crippen molar-refractivity contribution < 1.29 is 24.2 Å². The van der Waals surface area contributed by atoms with Crippen molar-refractivity contribution in [2.45, 2.75) is 18.3 Å². The Balaban J connectivity index is 2.40. The third-order valence-corrected chi connectivity index (χ3v) is 4.32. The Kier molecular flexibility index (Phi) is 4.84. The van der Waals surface area contributed by atoms with E-state index in [0.717, 1.165) is 0 Å². The quantitative estimate of drug-likeness (QED) is 0.708. The molecule has 1 aromatic rings. The molecule has 1 aromatic carbocycles. The van der Waals surface area contributed by atoms with Gasteiger partial charge in [-0.3, -0.25) is 9.59 Å². The zero-order valence-corrected chi connectivity index (χ0v) is 14.4. The van der Waals surface area contributed by atoms with Gasteiger partial charge in [-0.05, 0) is 28.1 Å². The molecule has 0 bridgehead atoms. The largest absolute Gasteiger partial charge is 0.375 e. The molecule has 21 heavy (non-hydrogen) atoms. The number of anilines is 1. The van der Waals surface area contributed by atoms with Crippen LogP contribution in [0, 0.1) is 0 Å². The molecule has 1 aliphatic heterocycles. The van der Waals surface area contributed by atoms with E-state index in [4.69, 9.17) is 9.47 Å². The van der Waals surface area contributed by atoms with Crippen molar-refractivity contribution in [3.05, 3.63) is 26.6 Å². The molecule has 1 aliphatic rings. The van der Waals surface area contributed by atoms with Gasteiger partial charge >= 0.3 is 0 Å². The van der Waals surface area contributed by atoms with Gasteiger partial charge in [-0.1, -0.05) is 15.9 Å². The smallest absolute Gasteiger partial charge is 0.261 e. The van der Waals surface area contributed by atoms with Crippen LogP contribution in [0.2, 0.25) is 0 Å². The predicted molar refractivity (Wildman–Crippen MR) is 81.8 cm³/mol. The summed E-state index contributed by atoms with van der Waals surface area (Å²) in [5, 5.41) is 13.3. The van der Waals surface area contributed by atoms with Gasteiger partial charge in [0.05, 0.1) is 12.1 Å². The van der Waals surface area contributed by atoms with Crippen molar-refractivity contribution in [2.24, 2.45) is 0 Å². The number of amides is 1. The highest BCUT2D eigenvalue weighted by molar-refractivity contribution is 9.11. The molecule has 0 aromatic heterocycles. The van der Waals surface area contributed by atoms with Crippen LogP contribution in [0.15, 0.2) is 21.1 Å². The van der Waals surface area contributed by atoms with Gasteiger partial charge in [0, 0.05) is 28.7 Å². The van der Waals surface area contributed by atoms with Gasteiger partial charge in [-0.25, -0.2) is 0 Å². The highest BCUT2D eigenvalue weighted by Crippen LogP contribution is 2.44. The molecule has 0 unspecified atom stereocenters. The number of halogens is 2. The summed E-state index contributed by atoms with van der Waals surface area (Å²) in [7, 11) is 2.62. The van der Waals surface area contributed by atoms with Gasteiger partial charge in [-0.2, -0.15) is 0 Å².